The number of rotatable bonds is 2. The molecule has 66 valence electrons. The molecule has 0 aromatic heterocycles. The van der Waals surface area contributed by atoms with Gasteiger partial charge in [0.1, 0.15) is 5.75 Å². The molecule has 0 amide bonds. The molecule has 0 spiro atoms. The Morgan fingerprint density at radius 1 is 1.25 bits per heavy atom. The monoisotopic (exact) mass is 166 g/mol. The highest BCUT2D eigenvalue weighted by Crippen LogP contribution is 2.25. The maximum absolute atomic E-state index is 9.63. The van der Waals surface area contributed by atoms with E-state index in [0.29, 0.717) is 12.4 Å². The first kappa shape index (κ1) is 9.07. The summed E-state index contributed by atoms with van der Waals surface area (Å²) in [6, 6.07) is 3.90. The lowest BCUT2D eigenvalue weighted by Crippen LogP contribution is -1.93. The van der Waals surface area contributed by atoms with Gasteiger partial charge in [0.2, 0.25) is 0 Å². The molecule has 0 bridgehead atoms. The van der Waals surface area contributed by atoms with Crippen molar-refractivity contribution in [2.75, 3.05) is 7.11 Å². The van der Waals surface area contributed by atoms with E-state index in [1.807, 2.05) is 26.0 Å². The molecule has 0 aliphatic rings. The Bertz CT molecular complexity index is 279. The van der Waals surface area contributed by atoms with Gasteiger partial charge in [0.05, 0.1) is 6.61 Å². The second-order valence-corrected chi connectivity index (χ2v) is 2.96. The van der Waals surface area contributed by atoms with Crippen molar-refractivity contribution in [1.29, 1.82) is 0 Å². The number of ether oxygens (including phenoxy) is 1. The van der Waals surface area contributed by atoms with Crippen LogP contribution in [0.4, 0.5) is 0 Å². The van der Waals surface area contributed by atoms with Gasteiger partial charge in [-0.15, -0.1) is 0 Å². The molecule has 0 aliphatic heterocycles. The van der Waals surface area contributed by atoms with Gasteiger partial charge in [-0.2, -0.15) is 0 Å². The van der Waals surface area contributed by atoms with Crippen LogP contribution in [0.3, 0.4) is 0 Å². The van der Waals surface area contributed by atoms with E-state index in [-0.39, 0.29) is 0 Å². The third kappa shape index (κ3) is 1.59. The Kier molecular flexibility index (Phi) is 2.71. The predicted octanol–water partition coefficient (Wildman–Crippen LogP) is 2.16. The topological polar surface area (TPSA) is 29.5 Å². The van der Waals surface area contributed by atoms with Crippen molar-refractivity contribution in [3.8, 4) is 5.75 Å². The molecule has 1 rings (SSSR count). The summed E-state index contributed by atoms with van der Waals surface area (Å²) in [6.45, 7) is 4.32. The van der Waals surface area contributed by atoms with Crippen molar-refractivity contribution in [3.05, 3.63) is 28.8 Å². The van der Waals surface area contributed by atoms with Crippen molar-refractivity contribution in [3.63, 3.8) is 0 Å². The molecule has 1 N–H and O–H groups in total. The fourth-order valence-electron chi connectivity index (χ4n) is 1.18. The van der Waals surface area contributed by atoms with Crippen molar-refractivity contribution in [2.24, 2.45) is 0 Å². The van der Waals surface area contributed by atoms with E-state index in [4.69, 9.17) is 4.74 Å². The van der Waals surface area contributed by atoms with Crippen LogP contribution in [0.1, 0.15) is 16.7 Å². The first-order valence-corrected chi connectivity index (χ1v) is 3.93. The first-order chi connectivity index (χ1) is 5.66. The van der Waals surface area contributed by atoms with E-state index in [2.05, 4.69) is 0 Å². The van der Waals surface area contributed by atoms with E-state index in [1.54, 1.807) is 7.11 Å². The number of aromatic hydroxyl groups is 1. The average molecular weight is 166 g/mol. The minimum Gasteiger partial charge on any atom is -0.507 e. The fourth-order valence-corrected chi connectivity index (χ4v) is 1.18. The summed E-state index contributed by atoms with van der Waals surface area (Å²) >= 11 is 0. The predicted molar refractivity (Wildman–Crippen MR) is 48.3 cm³/mol. The highest BCUT2D eigenvalue weighted by atomic mass is 16.5. The van der Waals surface area contributed by atoms with Crippen molar-refractivity contribution in [1.82, 2.24) is 0 Å². The van der Waals surface area contributed by atoms with Gasteiger partial charge >= 0.3 is 0 Å². The molecule has 0 unspecified atom stereocenters. The molecule has 0 fully saturated rings. The number of methoxy groups -OCH3 is 1. The molecule has 2 nitrogen and oxygen atoms in total. The summed E-state index contributed by atoms with van der Waals surface area (Å²) in [7, 11) is 1.63. The molecule has 1 aromatic rings. The van der Waals surface area contributed by atoms with Gasteiger partial charge in [-0.1, -0.05) is 12.1 Å². The van der Waals surface area contributed by atoms with Gasteiger partial charge < -0.3 is 9.84 Å². The second-order valence-electron chi connectivity index (χ2n) is 2.96. The minimum absolute atomic E-state index is 0.358. The Hall–Kier alpha value is -1.02. The molecule has 12 heavy (non-hydrogen) atoms. The number of hydrogen-bond acceptors (Lipinski definition) is 2. The van der Waals surface area contributed by atoms with Crippen LogP contribution in [0.25, 0.3) is 0 Å². The van der Waals surface area contributed by atoms with Crippen LogP contribution in [0, 0.1) is 13.8 Å². The lowest BCUT2D eigenvalue weighted by Gasteiger charge is -2.09. The van der Waals surface area contributed by atoms with Gasteiger partial charge in [-0.3, -0.25) is 0 Å². The third-order valence-electron chi connectivity index (χ3n) is 2.01. The zero-order valence-electron chi connectivity index (χ0n) is 7.72. The van der Waals surface area contributed by atoms with E-state index in [1.165, 1.54) is 0 Å². The van der Waals surface area contributed by atoms with E-state index >= 15 is 0 Å². The number of hydrogen-bond donors (Lipinski definition) is 1. The Morgan fingerprint density at radius 2 is 1.83 bits per heavy atom. The number of phenolic OH excluding ortho intramolecular Hbond substituents is 1. The van der Waals surface area contributed by atoms with Gasteiger partial charge in [0, 0.05) is 12.7 Å². The highest BCUT2D eigenvalue weighted by Gasteiger charge is 2.06. The van der Waals surface area contributed by atoms with Gasteiger partial charge in [0.25, 0.3) is 0 Å². The molecule has 0 atom stereocenters. The Balaban J connectivity index is 3.14. The van der Waals surface area contributed by atoms with Crippen molar-refractivity contribution in [2.45, 2.75) is 20.5 Å². The van der Waals surface area contributed by atoms with Gasteiger partial charge in [0.15, 0.2) is 0 Å². The molecule has 1 aromatic carbocycles. The van der Waals surface area contributed by atoms with Gasteiger partial charge in [-0.05, 0) is 25.0 Å². The van der Waals surface area contributed by atoms with E-state index in [0.717, 1.165) is 16.7 Å². The summed E-state index contributed by atoms with van der Waals surface area (Å²) in [5.74, 6) is 0.358. The lowest BCUT2D eigenvalue weighted by molar-refractivity contribution is 0.181. The number of benzene rings is 1. The zero-order chi connectivity index (χ0) is 9.14. The van der Waals surface area contributed by atoms with Crippen molar-refractivity contribution < 1.29 is 9.84 Å². The summed E-state index contributed by atoms with van der Waals surface area (Å²) in [5, 5.41) is 9.63. The molecule has 0 heterocycles. The summed E-state index contributed by atoms with van der Waals surface area (Å²) in [6.07, 6.45) is 0. The maximum Gasteiger partial charge on any atom is 0.124 e. The molecular formula is C10H14O2. The van der Waals surface area contributed by atoms with Crippen LogP contribution >= 0.6 is 0 Å². The van der Waals surface area contributed by atoms with Gasteiger partial charge in [-0.25, -0.2) is 0 Å². The molecular weight excluding hydrogens is 152 g/mol. The second kappa shape index (κ2) is 3.59. The van der Waals surface area contributed by atoms with Crippen molar-refractivity contribution >= 4 is 0 Å². The standard InChI is InChI=1S/C10H14O2/c1-7-4-5-8(2)10(11)9(7)6-12-3/h4-5,11H,6H2,1-3H3. The Labute approximate surface area is 72.8 Å². The average Bonchev–Trinajstić information content (AvgIpc) is 2.06. The highest BCUT2D eigenvalue weighted by molar-refractivity contribution is 5.43. The summed E-state index contributed by atoms with van der Waals surface area (Å²) in [5.41, 5.74) is 2.85. The van der Waals surface area contributed by atoms with Crippen LogP contribution < -0.4 is 0 Å². The van der Waals surface area contributed by atoms with E-state index in [9.17, 15) is 5.11 Å². The summed E-state index contributed by atoms with van der Waals surface area (Å²) < 4.78 is 4.98. The van der Waals surface area contributed by atoms with Crippen LogP contribution in [0.2, 0.25) is 0 Å². The smallest absolute Gasteiger partial charge is 0.124 e. The Morgan fingerprint density at radius 3 is 2.42 bits per heavy atom. The minimum atomic E-state index is 0.358. The molecule has 0 saturated heterocycles. The molecule has 2 heteroatoms. The quantitative estimate of drug-likeness (QED) is 0.729. The largest absolute Gasteiger partial charge is 0.507 e. The molecule has 0 aliphatic carbocycles. The SMILES string of the molecule is COCc1c(C)ccc(C)c1O. The third-order valence-corrected chi connectivity index (χ3v) is 2.01. The maximum atomic E-state index is 9.63. The van der Waals surface area contributed by atoms with Crippen LogP contribution in [-0.4, -0.2) is 12.2 Å². The number of phenols is 1. The molecule has 0 saturated carbocycles. The fraction of sp³-hybridized carbons (Fsp3) is 0.400. The van der Waals surface area contributed by atoms with Crippen LogP contribution in [0.5, 0.6) is 5.75 Å². The normalized spacial score (nSPS) is 10.2. The zero-order valence-corrected chi connectivity index (χ0v) is 7.72. The van der Waals surface area contributed by atoms with Crippen LogP contribution in [-0.2, 0) is 11.3 Å². The van der Waals surface area contributed by atoms with Crippen LogP contribution in [0.15, 0.2) is 12.1 Å². The molecule has 0 radical (unpaired) electrons. The van der Waals surface area contributed by atoms with E-state index < -0.39 is 0 Å². The number of aryl methyl sites for hydroxylation is 2. The lowest BCUT2D eigenvalue weighted by atomic mass is 10.0. The first-order valence-electron chi connectivity index (χ1n) is 3.93. The summed E-state index contributed by atoms with van der Waals surface area (Å²) in [4.78, 5) is 0.